The lowest BCUT2D eigenvalue weighted by Crippen LogP contribution is -2.35. The van der Waals surface area contributed by atoms with Crippen molar-refractivity contribution in [1.29, 1.82) is 0 Å². The molecule has 0 spiro atoms. The molecule has 0 radical (unpaired) electrons. The van der Waals surface area contributed by atoms with Gasteiger partial charge in [-0.2, -0.15) is 5.10 Å². The Morgan fingerprint density at radius 3 is 2.67 bits per heavy atom. The highest BCUT2D eigenvalue weighted by Crippen LogP contribution is 2.22. The zero-order chi connectivity index (χ0) is 14.7. The summed E-state index contributed by atoms with van der Waals surface area (Å²) in [5, 5.41) is 13.1. The first-order valence-electron chi connectivity index (χ1n) is 7.00. The summed E-state index contributed by atoms with van der Waals surface area (Å²) >= 11 is 0. The van der Waals surface area contributed by atoms with Gasteiger partial charge in [0.1, 0.15) is 5.82 Å². The Hall–Kier alpha value is -2.44. The molecule has 0 atom stereocenters. The topological polar surface area (TPSA) is 84.1 Å². The predicted octanol–water partition coefficient (Wildman–Crippen LogP) is 1.29. The zero-order valence-corrected chi connectivity index (χ0v) is 11.6. The molecule has 1 N–H and O–H groups in total. The summed E-state index contributed by atoms with van der Waals surface area (Å²) in [5.74, 6) is 0.317. The van der Waals surface area contributed by atoms with Gasteiger partial charge in [-0.15, -0.1) is 0 Å². The number of hydrogen-bond acceptors (Lipinski definition) is 5. The van der Waals surface area contributed by atoms with Crippen molar-refractivity contribution < 1.29 is 9.90 Å². The average Bonchev–Trinajstić information content (AvgIpc) is 3.01. The molecule has 0 unspecified atom stereocenters. The van der Waals surface area contributed by atoms with E-state index in [1.807, 2.05) is 16.9 Å². The summed E-state index contributed by atoms with van der Waals surface area (Å²) in [6.07, 6.45) is 8.78. The first-order chi connectivity index (χ1) is 10.2. The highest BCUT2D eigenvalue weighted by molar-refractivity contribution is 5.84. The fourth-order valence-electron chi connectivity index (χ4n) is 2.61. The second-order valence-electron chi connectivity index (χ2n) is 5.22. The second kappa shape index (κ2) is 5.90. The molecule has 110 valence electrons. The van der Waals surface area contributed by atoms with Crippen LogP contribution in [0.3, 0.4) is 0 Å². The van der Waals surface area contributed by atoms with Crippen molar-refractivity contribution in [2.24, 2.45) is 5.92 Å². The molecule has 21 heavy (non-hydrogen) atoms. The van der Waals surface area contributed by atoms with Crippen LogP contribution in [0.25, 0.3) is 0 Å². The van der Waals surface area contributed by atoms with Crippen LogP contribution in [0.15, 0.2) is 30.9 Å². The fraction of sp³-hybridized carbons (Fsp3) is 0.429. The number of carbonyl (C=O) groups is 1. The van der Waals surface area contributed by atoms with E-state index >= 15 is 0 Å². The summed E-state index contributed by atoms with van der Waals surface area (Å²) in [6, 6.07) is 1.94. The van der Waals surface area contributed by atoms with E-state index in [2.05, 4.69) is 20.0 Å². The summed E-state index contributed by atoms with van der Waals surface area (Å²) < 4.78 is 1.97. The van der Waals surface area contributed by atoms with E-state index in [4.69, 9.17) is 5.11 Å². The third kappa shape index (κ3) is 3.18. The Morgan fingerprint density at radius 1 is 1.29 bits per heavy atom. The molecule has 1 aliphatic rings. The predicted molar refractivity (Wildman–Crippen MR) is 76.2 cm³/mol. The maximum atomic E-state index is 10.8. The lowest BCUT2D eigenvalue weighted by molar-refractivity contribution is 0.0690. The van der Waals surface area contributed by atoms with Gasteiger partial charge >= 0.3 is 5.97 Å². The number of rotatable bonds is 4. The van der Waals surface area contributed by atoms with Gasteiger partial charge in [0.15, 0.2) is 5.69 Å². The van der Waals surface area contributed by atoms with Crippen LogP contribution in [0.1, 0.15) is 23.3 Å². The molecule has 0 aromatic carbocycles. The van der Waals surface area contributed by atoms with Crippen molar-refractivity contribution in [2.45, 2.75) is 19.4 Å². The van der Waals surface area contributed by atoms with E-state index in [9.17, 15) is 4.79 Å². The molecular formula is C14H17N5O2. The standard InChI is InChI=1S/C14H17N5O2/c20-14(21)12-8-16-13(9-15-12)18-6-2-11(3-7-18)10-19-5-1-4-17-19/h1,4-5,8-9,11H,2-3,6-7,10H2,(H,20,21). The smallest absolute Gasteiger partial charge is 0.356 e. The Morgan fingerprint density at radius 2 is 2.10 bits per heavy atom. The van der Waals surface area contributed by atoms with E-state index in [-0.39, 0.29) is 5.69 Å². The van der Waals surface area contributed by atoms with Crippen LogP contribution in [0, 0.1) is 5.92 Å². The maximum absolute atomic E-state index is 10.8. The molecule has 2 aromatic heterocycles. The Labute approximate surface area is 122 Å². The number of carboxylic acids is 1. The molecule has 0 amide bonds. The van der Waals surface area contributed by atoms with Crippen LogP contribution in [0.2, 0.25) is 0 Å². The van der Waals surface area contributed by atoms with Crippen LogP contribution in [-0.2, 0) is 6.54 Å². The fourth-order valence-corrected chi connectivity index (χ4v) is 2.61. The van der Waals surface area contributed by atoms with E-state index in [0.29, 0.717) is 5.92 Å². The Balaban J connectivity index is 1.56. The second-order valence-corrected chi connectivity index (χ2v) is 5.22. The van der Waals surface area contributed by atoms with Crippen LogP contribution < -0.4 is 4.90 Å². The first kappa shape index (κ1) is 13.5. The SMILES string of the molecule is O=C(O)c1cnc(N2CCC(Cn3cccn3)CC2)cn1. The quantitative estimate of drug-likeness (QED) is 0.912. The van der Waals surface area contributed by atoms with E-state index in [1.165, 1.54) is 12.4 Å². The molecule has 3 rings (SSSR count). The third-order valence-electron chi connectivity index (χ3n) is 3.80. The minimum absolute atomic E-state index is 0.0210. The van der Waals surface area contributed by atoms with Crippen LogP contribution in [0.4, 0.5) is 5.82 Å². The molecule has 7 heteroatoms. The van der Waals surface area contributed by atoms with E-state index in [0.717, 1.165) is 38.3 Å². The van der Waals surface area contributed by atoms with Crippen LogP contribution in [-0.4, -0.2) is 43.9 Å². The number of aromatic carboxylic acids is 1. The lowest BCUT2D eigenvalue weighted by Gasteiger charge is -2.32. The lowest BCUT2D eigenvalue weighted by atomic mass is 9.97. The molecular weight excluding hydrogens is 270 g/mol. The zero-order valence-electron chi connectivity index (χ0n) is 11.6. The summed E-state index contributed by atoms with van der Waals surface area (Å²) in [6.45, 7) is 2.77. The van der Waals surface area contributed by atoms with Gasteiger partial charge in [-0.05, 0) is 24.8 Å². The van der Waals surface area contributed by atoms with Gasteiger partial charge in [-0.3, -0.25) is 4.68 Å². The molecule has 7 nitrogen and oxygen atoms in total. The molecule has 2 aromatic rings. The van der Waals surface area contributed by atoms with Crippen LogP contribution >= 0.6 is 0 Å². The summed E-state index contributed by atoms with van der Waals surface area (Å²) in [7, 11) is 0. The van der Waals surface area contributed by atoms with Gasteiger partial charge in [0.2, 0.25) is 0 Å². The molecule has 1 aliphatic heterocycles. The van der Waals surface area contributed by atoms with Gasteiger partial charge in [0, 0.05) is 32.0 Å². The van der Waals surface area contributed by atoms with Gasteiger partial charge < -0.3 is 10.0 Å². The maximum Gasteiger partial charge on any atom is 0.356 e. The van der Waals surface area contributed by atoms with E-state index in [1.54, 1.807) is 6.20 Å². The summed E-state index contributed by atoms with van der Waals surface area (Å²) in [5.41, 5.74) is -0.0210. The first-order valence-corrected chi connectivity index (χ1v) is 7.00. The third-order valence-corrected chi connectivity index (χ3v) is 3.80. The van der Waals surface area contributed by atoms with Gasteiger partial charge in [0.05, 0.1) is 12.4 Å². The molecule has 3 heterocycles. The number of aromatic nitrogens is 4. The Bertz CT molecular complexity index is 588. The van der Waals surface area contributed by atoms with Crippen molar-refractivity contribution in [3.8, 4) is 0 Å². The minimum atomic E-state index is -1.05. The molecule has 0 saturated carbocycles. The average molecular weight is 287 g/mol. The van der Waals surface area contributed by atoms with Crippen LogP contribution in [0.5, 0.6) is 0 Å². The molecule has 0 aliphatic carbocycles. The highest BCUT2D eigenvalue weighted by Gasteiger charge is 2.21. The van der Waals surface area contributed by atoms with Crippen molar-refractivity contribution in [1.82, 2.24) is 19.7 Å². The van der Waals surface area contributed by atoms with E-state index < -0.39 is 5.97 Å². The molecule has 1 saturated heterocycles. The number of anilines is 1. The number of hydrogen-bond donors (Lipinski definition) is 1. The number of nitrogens with zero attached hydrogens (tertiary/aromatic N) is 5. The molecule has 1 fully saturated rings. The Kier molecular flexibility index (Phi) is 3.81. The van der Waals surface area contributed by atoms with Crippen molar-refractivity contribution in [2.75, 3.05) is 18.0 Å². The van der Waals surface area contributed by atoms with Gasteiger partial charge in [0.25, 0.3) is 0 Å². The van der Waals surface area contributed by atoms with Crippen molar-refractivity contribution >= 4 is 11.8 Å². The normalized spacial score (nSPS) is 16.1. The summed E-state index contributed by atoms with van der Waals surface area (Å²) in [4.78, 5) is 21.0. The van der Waals surface area contributed by atoms with Gasteiger partial charge in [-0.25, -0.2) is 14.8 Å². The monoisotopic (exact) mass is 287 g/mol. The number of carboxylic acid groups (broad SMARTS) is 1. The molecule has 0 bridgehead atoms. The highest BCUT2D eigenvalue weighted by atomic mass is 16.4. The minimum Gasteiger partial charge on any atom is -0.476 e. The number of piperidine rings is 1. The van der Waals surface area contributed by atoms with Crippen molar-refractivity contribution in [3.63, 3.8) is 0 Å². The van der Waals surface area contributed by atoms with Gasteiger partial charge in [-0.1, -0.05) is 0 Å². The largest absolute Gasteiger partial charge is 0.476 e. The van der Waals surface area contributed by atoms with Crippen molar-refractivity contribution in [3.05, 3.63) is 36.5 Å².